The Hall–Kier alpha value is -3.35. The number of fused-ring (bicyclic) bond motifs is 3. The van der Waals surface area contributed by atoms with Gasteiger partial charge in [0, 0.05) is 25.0 Å². The zero-order chi connectivity index (χ0) is 24.5. The summed E-state index contributed by atoms with van der Waals surface area (Å²) in [6.07, 6.45) is 2.85. The van der Waals surface area contributed by atoms with E-state index in [2.05, 4.69) is 29.6 Å². The summed E-state index contributed by atoms with van der Waals surface area (Å²) in [6, 6.07) is 16.0. The minimum absolute atomic E-state index is 0.0181. The highest BCUT2D eigenvalue weighted by atomic mass is 16.5. The number of carbonyl (C=O) groups excluding carboxylic acids is 2. The van der Waals surface area contributed by atoms with Gasteiger partial charge in [-0.3, -0.25) is 9.59 Å². The van der Waals surface area contributed by atoms with E-state index in [0.717, 1.165) is 24.0 Å². The van der Waals surface area contributed by atoms with Crippen LogP contribution >= 0.6 is 0 Å². The molecule has 7 heteroatoms. The van der Waals surface area contributed by atoms with Gasteiger partial charge in [0.2, 0.25) is 5.91 Å². The lowest BCUT2D eigenvalue weighted by Gasteiger charge is -2.28. The van der Waals surface area contributed by atoms with Crippen molar-refractivity contribution in [1.29, 1.82) is 0 Å². The second-order valence-electron chi connectivity index (χ2n) is 10.1. The SMILES string of the molecule is CC1C(C(=O)O)CCN1C(=O)C(CNC(=O)OCC1c2ccccc2-c2ccccc21)CC1CC1. The van der Waals surface area contributed by atoms with Crippen LogP contribution in [0.2, 0.25) is 0 Å². The Bertz CT molecular complexity index is 1080. The standard InChI is InChI=1S/C28H32N2O5/c1-17-20(27(32)33)12-13-30(17)26(31)19(14-18-10-11-18)15-29-28(34)35-16-25-23-8-4-2-6-21(23)22-7-3-5-9-24(22)25/h2-9,17-20,25H,10-16H2,1H3,(H,29,34)(H,32,33). The molecule has 184 valence electrons. The van der Waals surface area contributed by atoms with E-state index in [9.17, 15) is 19.5 Å². The molecule has 2 N–H and O–H groups in total. The van der Waals surface area contributed by atoms with Gasteiger partial charge in [0.1, 0.15) is 6.61 Å². The van der Waals surface area contributed by atoms with Crippen LogP contribution in [-0.2, 0) is 14.3 Å². The van der Waals surface area contributed by atoms with Gasteiger partial charge >= 0.3 is 12.1 Å². The number of nitrogens with zero attached hydrogens (tertiary/aromatic N) is 1. The summed E-state index contributed by atoms with van der Waals surface area (Å²) in [5.74, 6) is -1.33. The predicted octanol–water partition coefficient (Wildman–Crippen LogP) is 4.26. The number of hydrogen-bond donors (Lipinski definition) is 2. The first-order chi connectivity index (χ1) is 16.9. The molecule has 1 heterocycles. The molecule has 2 aliphatic carbocycles. The van der Waals surface area contributed by atoms with Gasteiger partial charge in [-0.05, 0) is 47.9 Å². The second kappa shape index (κ2) is 9.72. The maximum absolute atomic E-state index is 13.3. The van der Waals surface area contributed by atoms with Crippen LogP contribution in [0.15, 0.2) is 48.5 Å². The number of ether oxygens (including phenoxy) is 1. The minimum atomic E-state index is -0.858. The van der Waals surface area contributed by atoms with E-state index < -0.39 is 18.0 Å². The Kier molecular flexibility index (Phi) is 6.50. The van der Waals surface area contributed by atoms with E-state index in [0.29, 0.717) is 25.3 Å². The van der Waals surface area contributed by atoms with Crippen LogP contribution in [0.1, 0.15) is 49.7 Å². The number of carbonyl (C=O) groups is 3. The summed E-state index contributed by atoms with van der Waals surface area (Å²) in [6.45, 7) is 2.68. The van der Waals surface area contributed by atoms with E-state index in [1.54, 1.807) is 11.8 Å². The second-order valence-corrected chi connectivity index (χ2v) is 10.1. The van der Waals surface area contributed by atoms with Crippen molar-refractivity contribution in [3.8, 4) is 11.1 Å². The fraction of sp³-hybridized carbons (Fsp3) is 0.464. The highest BCUT2D eigenvalue weighted by Gasteiger charge is 2.41. The molecule has 1 aliphatic heterocycles. The van der Waals surface area contributed by atoms with Crippen molar-refractivity contribution in [2.45, 2.75) is 44.6 Å². The van der Waals surface area contributed by atoms with E-state index in [4.69, 9.17) is 4.74 Å². The number of carboxylic acid groups (broad SMARTS) is 1. The Balaban J connectivity index is 1.19. The third kappa shape index (κ3) is 4.77. The fourth-order valence-electron chi connectivity index (χ4n) is 5.70. The van der Waals surface area contributed by atoms with Gasteiger partial charge in [0.15, 0.2) is 0 Å². The Morgan fingerprint density at radius 1 is 1.03 bits per heavy atom. The van der Waals surface area contributed by atoms with Crippen LogP contribution in [0.25, 0.3) is 11.1 Å². The molecule has 3 atom stereocenters. The first-order valence-corrected chi connectivity index (χ1v) is 12.6. The number of carboxylic acids is 1. The molecule has 2 fully saturated rings. The highest BCUT2D eigenvalue weighted by molar-refractivity contribution is 5.82. The number of nitrogens with one attached hydrogen (secondary N) is 1. The average molecular weight is 477 g/mol. The zero-order valence-electron chi connectivity index (χ0n) is 20.0. The summed E-state index contributed by atoms with van der Waals surface area (Å²) >= 11 is 0. The van der Waals surface area contributed by atoms with Crippen molar-refractivity contribution in [1.82, 2.24) is 10.2 Å². The van der Waals surface area contributed by atoms with Crippen molar-refractivity contribution < 1.29 is 24.2 Å². The summed E-state index contributed by atoms with van der Waals surface area (Å²) < 4.78 is 5.63. The molecule has 0 spiro atoms. The fourth-order valence-corrected chi connectivity index (χ4v) is 5.70. The summed E-state index contributed by atoms with van der Waals surface area (Å²) in [7, 11) is 0. The van der Waals surface area contributed by atoms with Crippen molar-refractivity contribution in [2.75, 3.05) is 19.7 Å². The number of alkyl carbamates (subject to hydrolysis) is 1. The lowest BCUT2D eigenvalue weighted by atomic mass is 9.98. The lowest BCUT2D eigenvalue weighted by Crippen LogP contribution is -2.45. The predicted molar refractivity (Wildman–Crippen MR) is 131 cm³/mol. The van der Waals surface area contributed by atoms with Crippen LogP contribution in [0.5, 0.6) is 0 Å². The lowest BCUT2D eigenvalue weighted by molar-refractivity contribution is -0.143. The molecule has 2 amide bonds. The van der Waals surface area contributed by atoms with Gasteiger partial charge < -0.3 is 20.1 Å². The van der Waals surface area contributed by atoms with Crippen molar-refractivity contribution in [3.63, 3.8) is 0 Å². The van der Waals surface area contributed by atoms with Crippen LogP contribution in [0, 0.1) is 17.8 Å². The molecule has 2 aromatic carbocycles. The molecular formula is C28H32N2O5. The monoisotopic (exact) mass is 476 g/mol. The molecule has 0 aromatic heterocycles. The normalized spacial score (nSPS) is 21.8. The first kappa shape index (κ1) is 23.4. The Labute approximate surface area is 205 Å². The molecular weight excluding hydrogens is 444 g/mol. The van der Waals surface area contributed by atoms with Crippen LogP contribution in [0.3, 0.4) is 0 Å². The summed E-state index contributed by atoms with van der Waals surface area (Å²) in [4.78, 5) is 39.1. The van der Waals surface area contributed by atoms with Gasteiger partial charge in [0.25, 0.3) is 0 Å². The smallest absolute Gasteiger partial charge is 0.407 e. The molecule has 0 radical (unpaired) electrons. The number of likely N-dealkylation sites (tertiary alicyclic amines) is 1. The van der Waals surface area contributed by atoms with Gasteiger partial charge in [-0.15, -0.1) is 0 Å². The maximum Gasteiger partial charge on any atom is 0.407 e. The molecule has 2 aromatic rings. The largest absolute Gasteiger partial charge is 0.481 e. The molecule has 35 heavy (non-hydrogen) atoms. The van der Waals surface area contributed by atoms with Crippen molar-refractivity contribution >= 4 is 18.0 Å². The van der Waals surface area contributed by atoms with E-state index in [1.165, 1.54) is 11.1 Å². The molecule has 1 saturated carbocycles. The van der Waals surface area contributed by atoms with Crippen LogP contribution in [0.4, 0.5) is 4.79 Å². The Morgan fingerprint density at radius 3 is 2.23 bits per heavy atom. The van der Waals surface area contributed by atoms with Crippen LogP contribution < -0.4 is 5.32 Å². The van der Waals surface area contributed by atoms with Crippen molar-refractivity contribution in [2.24, 2.45) is 17.8 Å². The third-order valence-corrected chi connectivity index (χ3v) is 7.86. The van der Waals surface area contributed by atoms with Gasteiger partial charge in [-0.25, -0.2) is 4.79 Å². The van der Waals surface area contributed by atoms with Gasteiger partial charge in [-0.2, -0.15) is 0 Å². The molecule has 1 saturated heterocycles. The summed E-state index contributed by atoms with van der Waals surface area (Å²) in [5.41, 5.74) is 4.65. The van der Waals surface area contributed by atoms with E-state index >= 15 is 0 Å². The number of rotatable bonds is 8. The van der Waals surface area contributed by atoms with Crippen LogP contribution in [-0.4, -0.2) is 53.7 Å². The Morgan fingerprint density at radius 2 is 1.66 bits per heavy atom. The third-order valence-electron chi connectivity index (χ3n) is 7.86. The van der Waals surface area contributed by atoms with E-state index in [-0.39, 0.29) is 36.9 Å². The first-order valence-electron chi connectivity index (χ1n) is 12.6. The minimum Gasteiger partial charge on any atom is -0.481 e. The molecule has 5 rings (SSSR count). The quantitative estimate of drug-likeness (QED) is 0.593. The number of aliphatic carboxylic acids is 1. The topological polar surface area (TPSA) is 95.9 Å². The van der Waals surface area contributed by atoms with Gasteiger partial charge in [0.05, 0.1) is 11.8 Å². The maximum atomic E-state index is 13.3. The van der Waals surface area contributed by atoms with E-state index in [1.807, 2.05) is 24.3 Å². The molecule has 3 aliphatic rings. The average Bonchev–Trinajstić information content (AvgIpc) is 3.51. The highest BCUT2D eigenvalue weighted by Crippen LogP contribution is 2.44. The summed E-state index contributed by atoms with van der Waals surface area (Å²) in [5, 5.41) is 12.2. The van der Waals surface area contributed by atoms with Crippen molar-refractivity contribution in [3.05, 3.63) is 59.7 Å². The number of amides is 2. The molecule has 0 bridgehead atoms. The number of benzene rings is 2. The molecule has 3 unspecified atom stereocenters. The van der Waals surface area contributed by atoms with Gasteiger partial charge in [-0.1, -0.05) is 61.4 Å². The zero-order valence-corrected chi connectivity index (χ0v) is 20.0. The molecule has 7 nitrogen and oxygen atoms in total. The number of hydrogen-bond acceptors (Lipinski definition) is 4.